The molecule has 4 unspecified atom stereocenters. The largest absolute Gasteiger partial charge is 0.460 e. The Balaban J connectivity index is 1.43. The minimum absolute atomic E-state index is 0.0244. The molecule has 3 aliphatic rings. The van der Waals surface area contributed by atoms with E-state index in [2.05, 4.69) is 21.2 Å². The van der Waals surface area contributed by atoms with Crippen molar-refractivity contribution in [3.05, 3.63) is 30.3 Å². The molecule has 2 aliphatic heterocycles. The van der Waals surface area contributed by atoms with Gasteiger partial charge in [0.2, 0.25) is 15.6 Å². The van der Waals surface area contributed by atoms with Crippen molar-refractivity contribution >= 4 is 86.0 Å². The van der Waals surface area contributed by atoms with Crippen molar-refractivity contribution in [2.45, 2.75) is 65.2 Å². The van der Waals surface area contributed by atoms with Gasteiger partial charge in [-0.15, -0.1) is 11.8 Å². The Morgan fingerprint density at radius 3 is 2.57 bits per heavy atom. The van der Waals surface area contributed by atoms with Crippen LogP contribution in [0.1, 0.15) is 33.1 Å². The van der Waals surface area contributed by atoms with Gasteiger partial charge < -0.3 is 15.0 Å². The lowest BCUT2D eigenvalue weighted by Crippen LogP contribution is -2.71. The Kier molecular flexibility index (Phi) is 9.18. The molecule has 3 fully saturated rings. The smallest absolute Gasteiger partial charge is 0.330 e. The maximum Gasteiger partial charge on any atom is 0.330 e. The van der Waals surface area contributed by atoms with Gasteiger partial charge in [0, 0.05) is 10.1 Å². The lowest BCUT2D eigenvalue weighted by Gasteiger charge is -2.44. The molecule has 0 spiro atoms. The number of nitrogens with zero attached hydrogens (tertiary/aromatic N) is 2. The van der Waals surface area contributed by atoms with E-state index in [1.54, 1.807) is 5.06 Å². The van der Waals surface area contributed by atoms with Crippen LogP contribution in [0.2, 0.25) is 0 Å². The number of carbonyl (C=O) groups excluding carboxylic acids is 3. The Morgan fingerprint density at radius 1 is 1.30 bits per heavy atom. The summed E-state index contributed by atoms with van der Waals surface area (Å²) >= 11 is 22.1. The minimum Gasteiger partial charge on any atom is -0.460 e. The third kappa shape index (κ3) is 6.81. The van der Waals surface area contributed by atoms with Gasteiger partial charge in [-0.2, -0.15) is 0 Å². The van der Waals surface area contributed by atoms with Crippen LogP contribution in [0.4, 0.5) is 5.69 Å². The molecule has 1 saturated carbocycles. The predicted molar refractivity (Wildman–Crippen MR) is 149 cm³/mol. The zero-order valence-electron chi connectivity index (χ0n) is 20.4. The maximum atomic E-state index is 13.2. The maximum absolute atomic E-state index is 13.2. The fourth-order valence-corrected chi connectivity index (χ4v) is 7.64. The number of hydroxylamine groups is 1. The lowest BCUT2D eigenvalue weighted by atomic mass is 9.92. The fraction of sp³-hybridized carbons (Fsp3) is 0.625. The highest BCUT2D eigenvalue weighted by molar-refractivity contribution is 9.09. The van der Waals surface area contributed by atoms with Gasteiger partial charge in [-0.25, -0.2) is 9.86 Å². The molecule has 13 heteroatoms. The highest BCUT2D eigenvalue weighted by Gasteiger charge is 2.65. The fourth-order valence-electron chi connectivity index (χ4n) is 4.62. The molecule has 1 N–H and O–H groups in total. The van der Waals surface area contributed by atoms with Crippen molar-refractivity contribution in [2.24, 2.45) is 5.92 Å². The average Bonchev–Trinajstić information content (AvgIpc) is 3.65. The summed E-state index contributed by atoms with van der Waals surface area (Å²) in [5, 5.41) is 4.62. The van der Waals surface area contributed by atoms with Gasteiger partial charge in [0.25, 0.3) is 0 Å². The molecule has 1 aromatic rings. The third-order valence-electron chi connectivity index (χ3n) is 6.75. The van der Waals surface area contributed by atoms with Gasteiger partial charge in [0.1, 0.15) is 30.6 Å². The molecule has 37 heavy (non-hydrogen) atoms. The number of para-hydroxylation sites is 1. The van der Waals surface area contributed by atoms with Crippen molar-refractivity contribution in [1.29, 1.82) is 0 Å². The molecule has 2 heterocycles. The molecular weight excluding hydrogens is 629 g/mol. The first-order valence-corrected chi connectivity index (χ1v) is 15.1. The molecule has 4 rings (SSSR count). The van der Waals surface area contributed by atoms with E-state index in [0.717, 1.165) is 18.5 Å². The quantitative estimate of drug-likeness (QED) is 0.163. The number of hydrogen-bond donors (Lipinski definition) is 1. The van der Waals surface area contributed by atoms with Crippen LogP contribution in [0.3, 0.4) is 0 Å². The standard InChI is InChI=1S/C24H29BrCl3N3O5S/c1-14(15-8-9-15)36-30(16-6-4-3-5-7-16)12-17(32)29-18-20(33)31-19(22(34)35-13-24(26,27)28)23(2,10-11-25)37-21(18)31/h3-7,14-15,18-19,21H,8-13H2,1-2H3,(H,29,32)/t14?,18?,19?,21-,23?/m0/s1. The number of nitrogens with one attached hydrogen (secondary N) is 1. The van der Waals surface area contributed by atoms with Crippen LogP contribution in [0, 0.1) is 5.92 Å². The number of halogens is 4. The number of amides is 2. The second-order valence-electron chi connectivity index (χ2n) is 9.70. The first-order chi connectivity index (χ1) is 17.4. The number of β-lactam (4-membered cyclic amide) rings is 1. The first kappa shape index (κ1) is 29.1. The summed E-state index contributed by atoms with van der Waals surface area (Å²) in [5.41, 5.74) is 0.753. The Morgan fingerprint density at radius 2 is 1.97 bits per heavy atom. The molecule has 5 atom stereocenters. The zero-order valence-corrected chi connectivity index (χ0v) is 25.0. The number of carbonyl (C=O) groups is 3. The van der Waals surface area contributed by atoms with E-state index in [1.807, 2.05) is 44.2 Å². The zero-order chi connectivity index (χ0) is 27.0. The number of thioether (sulfide) groups is 1. The van der Waals surface area contributed by atoms with Crippen LogP contribution in [0.15, 0.2) is 30.3 Å². The van der Waals surface area contributed by atoms with Gasteiger partial charge in [0.15, 0.2) is 0 Å². The summed E-state index contributed by atoms with van der Waals surface area (Å²) in [6.45, 7) is 3.40. The summed E-state index contributed by atoms with van der Waals surface area (Å²) in [6.07, 6.45) is 2.78. The SMILES string of the molecule is CC(ON(CC(=O)NC1C(=O)N2C(C(=O)OCC(Cl)(Cl)Cl)C(C)(CCBr)S[C@@H]12)c1ccccc1)C1CC1. The van der Waals surface area contributed by atoms with Crippen molar-refractivity contribution in [3.8, 4) is 0 Å². The highest BCUT2D eigenvalue weighted by Crippen LogP contribution is 2.53. The summed E-state index contributed by atoms with van der Waals surface area (Å²) in [7, 11) is 0. The van der Waals surface area contributed by atoms with Crippen LogP contribution in [-0.2, 0) is 24.0 Å². The molecule has 1 aromatic carbocycles. The molecule has 2 amide bonds. The molecule has 0 bridgehead atoms. The van der Waals surface area contributed by atoms with E-state index in [0.29, 0.717) is 17.7 Å². The number of alkyl halides is 4. The van der Waals surface area contributed by atoms with Crippen LogP contribution in [-0.4, -0.2) is 73.3 Å². The van der Waals surface area contributed by atoms with Crippen molar-refractivity contribution in [3.63, 3.8) is 0 Å². The summed E-state index contributed by atoms with van der Waals surface area (Å²) in [5.74, 6) is -0.856. The normalized spacial score (nSPS) is 27.8. The third-order valence-corrected chi connectivity index (χ3v) is 9.18. The van der Waals surface area contributed by atoms with E-state index in [4.69, 9.17) is 44.4 Å². The Hall–Kier alpha value is -0.910. The van der Waals surface area contributed by atoms with Gasteiger partial charge in [-0.1, -0.05) is 68.9 Å². The van der Waals surface area contributed by atoms with E-state index >= 15 is 0 Å². The van der Waals surface area contributed by atoms with E-state index < -0.39 is 38.6 Å². The molecule has 2 saturated heterocycles. The molecule has 204 valence electrons. The highest BCUT2D eigenvalue weighted by atomic mass is 79.9. The summed E-state index contributed by atoms with van der Waals surface area (Å²) < 4.78 is 2.84. The molecule has 0 radical (unpaired) electrons. The van der Waals surface area contributed by atoms with E-state index in [1.165, 1.54) is 16.7 Å². The average molecular weight is 658 g/mol. The molecule has 1 aliphatic carbocycles. The van der Waals surface area contributed by atoms with Crippen LogP contribution < -0.4 is 10.4 Å². The Labute approximate surface area is 244 Å². The van der Waals surface area contributed by atoms with Gasteiger partial charge in [0.05, 0.1) is 11.8 Å². The lowest BCUT2D eigenvalue weighted by molar-refractivity contribution is -0.164. The van der Waals surface area contributed by atoms with Crippen molar-refractivity contribution < 1.29 is 24.0 Å². The van der Waals surface area contributed by atoms with Gasteiger partial charge in [-0.05, 0) is 51.2 Å². The topological polar surface area (TPSA) is 88.2 Å². The van der Waals surface area contributed by atoms with Crippen molar-refractivity contribution in [2.75, 3.05) is 23.5 Å². The number of hydrogen-bond acceptors (Lipinski definition) is 7. The summed E-state index contributed by atoms with van der Waals surface area (Å²) in [4.78, 5) is 46.8. The van der Waals surface area contributed by atoms with Gasteiger partial charge in [-0.3, -0.25) is 14.4 Å². The molecule has 8 nitrogen and oxygen atoms in total. The molecule has 0 aromatic heterocycles. The number of rotatable bonds is 11. The first-order valence-electron chi connectivity index (χ1n) is 12.0. The predicted octanol–water partition coefficient (Wildman–Crippen LogP) is 4.45. The Bertz CT molecular complexity index is 1020. The monoisotopic (exact) mass is 655 g/mol. The van der Waals surface area contributed by atoms with E-state index in [9.17, 15) is 14.4 Å². The summed E-state index contributed by atoms with van der Waals surface area (Å²) in [6, 6.07) is 7.75. The van der Waals surface area contributed by atoms with Crippen LogP contribution >= 0.6 is 62.5 Å². The number of esters is 1. The number of ether oxygens (including phenoxy) is 1. The second kappa shape index (κ2) is 11.7. The minimum atomic E-state index is -1.76. The molecular formula is C24H29BrCl3N3O5S. The number of benzene rings is 1. The number of fused-ring (bicyclic) bond motifs is 1. The second-order valence-corrected chi connectivity index (χ2v) is 14.7. The van der Waals surface area contributed by atoms with Crippen molar-refractivity contribution in [1.82, 2.24) is 10.2 Å². The van der Waals surface area contributed by atoms with E-state index in [-0.39, 0.29) is 24.5 Å². The van der Waals surface area contributed by atoms with Gasteiger partial charge >= 0.3 is 5.97 Å². The number of anilines is 1. The van der Waals surface area contributed by atoms with Crippen LogP contribution in [0.5, 0.6) is 0 Å². The van der Waals surface area contributed by atoms with Crippen LogP contribution in [0.25, 0.3) is 0 Å².